The highest BCUT2D eigenvalue weighted by Gasteiger charge is 2.14. The SMILES string of the molecule is Cc1cccc(C(=O)Oc2ccccc2C(=O)/C=C/c2ccc(Cl)cc2)c1. The van der Waals surface area contributed by atoms with Crippen molar-refractivity contribution < 1.29 is 14.3 Å². The minimum absolute atomic E-state index is 0.231. The first-order valence-electron chi connectivity index (χ1n) is 8.39. The van der Waals surface area contributed by atoms with Crippen LogP contribution in [-0.4, -0.2) is 11.8 Å². The summed E-state index contributed by atoms with van der Waals surface area (Å²) < 4.78 is 5.46. The Bertz CT molecular complexity index is 1000. The molecule has 0 spiro atoms. The molecule has 0 aliphatic heterocycles. The molecule has 0 amide bonds. The Morgan fingerprint density at radius 3 is 2.41 bits per heavy atom. The lowest BCUT2D eigenvalue weighted by Gasteiger charge is -2.08. The molecule has 3 nitrogen and oxygen atoms in total. The molecule has 4 heteroatoms. The molecule has 0 N–H and O–H groups in total. The van der Waals surface area contributed by atoms with E-state index in [1.54, 1.807) is 60.7 Å². The molecule has 0 aliphatic carbocycles. The van der Waals surface area contributed by atoms with E-state index in [2.05, 4.69) is 0 Å². The van der Waals surface area contributed by atoms with Crippen LogP contribution in [0.2, 0.25) is 5.02 Å². The van der Waals surface area contributed by atoms with E-state index in [-0.39, 0.29) is 11.5 Å². The monoisotopic (exact) mass is 376 g/mol. The summed E-state index contributed by atoms with van der Waals surface area (Å²) in [5, 5.41) is 0.631. The molecule has 3 rings (SSSR count). The number of hydrogen-bond donors (Lipinski definition) is 0. The van der Waals surface area contributed by atoms with Gasteiger partial charge in [0.1, 0.15) is 5.75 Å². The van der Waals surface area contributed by atoms with Crippen LogP contribution in [0.25, 0.3) is 6.08 Å². The maximum atomic E-state index is 12.6. The molecule has 3 aromatic rings. The van der Waals surface area contributed by atoms with Gasteiger partial charge in [-0.2, -0.15) is 0 Å². The Kier molecular flexibility index (Phi) is 5.84. The van der Waals surface area contributed by atoms with Crippen molar-refractivity contribution in [3.8, 4) is 5.75 Å². The average molecular weight is 377 g/mol. The second kappa shape index (κ2) is 8.47. The minimum atomic E-state index is -0.499. The number of ketones is 1. The number of esters is 1. The number of allylic oxidation sites excluding steroid dienone is 1. The fourth-order valence-corrected chi connectivity index (χ4v) is 2.65. The zero-order chi connectivity index (χ0) is 19.2. The van der Waals surface area contributed by atoms with E-state index in [4.69, 9.17) is 16.3 Å². The van der Waals surface area contributed by atoms with E-state index >= 15 is 0 Å². The number of hydrogen-bond acceptors (Lipinski definition) is 3. The van der Waals surface area contributed by atoms with Gasteiger partial charge in [-0.25, -0.2) is 4.79 Å². The van der Waals surface area contributed by atoms with Gasteiger partial charge in [0.25, 0.3) is 0 Å². The third-order valence-electron chi connectivity index (χ3n) is 3.91. The highest BCUT2D eigenvalue weighted by atomic mass is 35.5. The lowest BCUT2D eigenvalue weighted by molar-refractivity contribution is 0.0733. The Morgan fingerprint density at radius 1 is 0.926 bits per heavy atom. The third-order valence-corrected chi connectivity index (χ3v) is 4.16. The fourth-order valence-electron chi connectivity index (χ4n) is 2.53. The summed E-state index contributed by atoms with van der Waals surface area (Å²) in [4.78, 5) is 25.0. The molecule has 0 atom stereocenters. The first kappa shape index (κ1) is 18.6. The Labute approximate surface area is 162 Å². The molecule has 0 saturated heterocycles. The minimum Gasteiger partial charge on any atom is -0.422 e. The predicted octanol–water partition coefficient (Wildman–Crippen LogP) is 5.76. The van der Waals surface area contributed by atoms with Crippen LogP contribution in [0.15, 0.2) is 78.9 Å². The molecule has 134 valence electrons. The molecule has 0 bridgehead atoms. The smallest absolute Gasteiger partial charge is 0.343 e. The van der Waals surface area contributed by atoms with Crippen molar-refractivity contribution in [3.05, 3.63) is 106 Å². The van der Waals surface area contributed by atoms with Gasteiger partial charge < -0.3 is 4.74 Å². The summed E-state index contributed by atoms with van der Waals surface area (Å²) in [6, 6.07) is 20.9. The number of rotatable bonds is 5. The number of halogens is 1. The molecular formula is C23H17ClO3. The van der Waals surface area contributed by atoms with Crippen molar-refractivity contribution in [1.29, 1.82) is 0 Å². The van der Waals surface area contributed by atoms with Crippen LogP contribution in [0.4, 0.5) is 0 Å². The van der Waals surface area contributed by atoms with Crippen molar-refractivity contribution in [1.82, 2.24) is 0 Å². The normalized spacial score (nSPS) is 10.7. The number of benzene rings is 3. The molecule has 0 unspecified atom stereocenters. The van der Waals surface area contributed by atoms with Gasteiger partial charge in [-0.1, -0.05) is 59.6 Å². The maximum Gasteiger partial charge on any atom is 0.343 e. The first-order valence-corrected chi connectivity index (χ1v) is 8.76. The number of carbonyl (C=O) groups excluding carboxylic acids is 2. The Balaban J connectivity index is 1.79. The molecule has 3 aromatic carbocycles. The third kappa shape index (κ3) is 4.93. The van der Waals surface area contributed by atoms with Crippen LogP contribution in [-0.2, 0) is 0 Å². The van der Waals surface area contributed by atoms with E-state index in [9.17, 15) is 9.59 Å². The molecule has 0 aliphatic rings. The summed E-state index contributed by atoms with van der Waals surface area (Å²) in [7, 11) is 0. The standard InChI is InChI=1S/C23H17ClO3/c1-16-5-4-6-18(15-16)23(26)27-22-8-3-2-7-20(22)21(25)14-11-17-9-12-19(24)13-10-17/h2-15H,1H3/b14-11+. The van der Waals surface area contributed by atoms with Crippen LogP contribution < -0.4 is 4.74 Å². The summed E-state index contributed by atoms with van der Waals surface area (Å²) in [6.45, 7) is 1.90. The summed E-state index contributed by atoms with van der Waals surface area (Å²) in [5.41, 5.74) is 2.57. The molecular weight excluding hydrogens is 360 g/mol. The van der Waals surface area contributed by atoms with E-state index in [0.29, 0.717) is 16.1 Å². The van der Waals surface area contributed by atoms with Crippen LogP contribution in [0.3, 0.4) is 0 Å². The van der Waals surface area contributed by atoms with Crippen LogP contribution in [0.1, 0.15) is 31.8 Å². The number of aryl methyl sites for hydroxylation is 1. The van der Waals surface area contributed by atoms with E-state index in [0.717, 1.165) is 11.1 Å². The van der Waals surface area contributed by atoms with Gasteiger partial charge >= 0.3 is 5.97 Å². The second-order valence-electron chi connectivity index (χ2n) is 6.00. The topological polar surface area (TPSA) is 43.4 Å². The van der Waals surface area contributed by atoms with E-state index in [1.807, 2.05) is 25.1 Å². The van der Waals surface area contributed by atoms with Crippen molar-refractivity contribution >= 4 is 29.4 Å². The largest absolute Gasteiger partial charge is 0.422 e. The average Bonchev–Trinajstić information content (AvgIpc) is 2.67. The van der Waals surface area contributed by atoms with Gasteiger partial charge in [0.05, 0.1) is 11.1 Å². The molecule has 0 heterocycles. The number of carbonyl (C=O) groups is 2. The maximum absolute atomic E-state index is 12.6. The molecule has 0 saturated carbocycles. The zero-order valence-electron chi connectivity index (χ0n) is 14.7. The molecule has 0 radical (unpaired) electrons. The highest BCUT2D eigenvalue weighted by Crippen LogP contribution is 2.21. The van der Waals surface area contributed by atoms with Crippen LogP contribution in [0, 0.1) is 6.92 Å². The first-order chi connectivity index (χ1) is 13.0. The van der Waals surface area contributed by atoms with Gasteiger partial charge in [0.15, 0.2) is 5.78 Å². The van der Waals surface area contributed by atoms with E-state index in [1.165, 1.54) is 6.08 Å². The van der Waals surface area contributed by atoms with Crippen LogP contribution >= 0.6 is 11.6 Å². The fraction of sp³-hybridized carbons (Fsp3) is 0.0435. The lowest BCUT2D eigenvalue weighted by atomic mass is 10.1. The molecule has 0 aromatic heterocycles. The lowest BCUT2D eigenvalue weighted by Crippen LogP contribution is -2.11. The highest BCUT2D eigenvalue weighted by molar-refractivity contribution is 6.30. The quantitative estimate of drug-likeness (QED) is 0.246. The predicted molar refractivity (Wildman–Crippen MR) is 107 cm³/mol. The summed E-state index contributed by atoms with van der Waals surface area (Å²) >= 11 is 5.86. The molecule has 27 heavy (non-hydrogen) atoms. The number of para-hydroxylation sites is 1. The summed E-state index contributed by atoms with van der Waals surface area (Å²) in [6.07, 6.45) is 3.14. The van der Waals surface area contributed by atoms with Gasteiger partial charge in [-0.05, 0) is 55.0 Å². The van der Waals surface area contributed by atoms with Crippen molar-refractivity contribution in [3.63, 3.8) is 0 Å². The van der Waals surface area contributed by atoms with E-state index < -0.39 is 5.97 Å². The summed E-state index contributed by atoms with van der Waals surface area (Å²) in [5.74, 6) is -0.520. The van der Waals surface area contributed by atoms with Gasteiger partial charge in [-0.3, -0.25) is 4.79 Å². The Hall–Kier alpha value is -3.17. The van der Waals surface area contributed by atoms with Crippen molar-refractivity contribution in [2.75, 3.05) is 0 Å². The van der Waals surface area contributed by atoms with Crippen molar-refractivity contribution in [2.45, 2.75) is 6.92 Å². The van der Waals surface area contributed by atoms with Gasteiger partial charge in [0.2, 0.25) is 0 Å². The Morgan fingerprint density at radius 2 is 1.67 bits per heavy atom. The van der Waals surface area contributed by atoms with Gasteiger partial charge in [0, 0.05) is 5.02 Å². The molecule has 0 fully saturated rings. The second-order valence-corrected chi connectivity index (χ2v) is 6.44. The zero-order valence-corrected chi connectivity index (χ0v) is 15.4. The van der Waals surface area contributed by atoms with Crippen molar-refractivity contribution in [2.24, 2.45) is 0 Å². The number of ether oxygens (including phenoxy) is 1. The van der Waals surface area contributed by atoms with Gasteiger partial charge in [-0.15, -0.1) is 0 Å². The van der Waals surface area contributed by atoms with Crippen LogP contribution in [0.5, 0.6) is 5.75 Å².